The lowest BCUT2D eigenvalue weighted by Gasteiger charge is -2.13. The standard InChI is InChI=1S/C24H22N2O3/c27-23(17-5-1-6-18(14-17)25-24(28)21-8-3-13-29-21)26-20-12-11-16-10-9-15-4-2-7-19(20)22(15)16/h1-2,4-7,11-12,14,21H,3,8-10,13H2,(H,25,28)(H,26,27). The van der Waals surface area contributed by atoms with Crippen LogP contribution in [-0.2, 0) is 22.4 Å². The molecule has 3 aromatic carbocycles. The lowest BCUT2D eigenvalue weighted by molar-refractivity contribution is -0.124. The molecule has 1 atom stereocenters. The fourth-order valence-electron chi connectivity index (χ4n) is 4.30. The Hall–Kier alpha value is -3.18. The Morgan fingerprint density at radius 2 is 1.76 bits per heavy atom. The molecule has 0 aromatic heterocycles. The highest BCUT2D eigenvalue weighted by atomic mass is 16.5. The fraction of sp³-hybridized carbons (Fsp3) is 0.250. The first kappa shape index (κ1) is 17.9. The molecule has 29 heavy (non-hydrogen) atoms. The molecule has 0 spiro atoms. The van der Waals surface area contributed by atoms with Gasteiger partial charge in [-0.05, 0) is 66.5 Å². The zero-order valence-electron chi connectivity index (χ0n) is 16.0. The topological polar surface area (TPSA) is 67.4 Å². The van der Waals surface area contributed by atoms with E-state index in [0.717, 1.165) is 36.8 Å². The molecule has 0 radical (unpaired) electrons. The molecule has 1 aliphatic heterocycles. The number of amides is 2. The number of rotatable bonds is 4. The molecule has 5 nitrogen and oxygen atoms in total. The highest BCUT2D eigenvalue weighted by Gasteiger charge is 2.23. The summed E-state index contributed by atoms with van der Waals surface area (Å²) in [7, 11) is 0. The average molecular weight is 386 g/mol. The Kier molecular flexibility index (Phi) is 4.52. The van der Waals surface area contributed by atoms with Crippen LogP contribution in [0.4, 0.5) is 11.4 Å². The van der Waals surface area contributed by atoms with E-state index in [0.29, 0.717) is 17.9 Å². The summed E-state index contributed by atoms with van der Waals surface area (Å²) in [4.78, 5) is 25.2. The van der Waals surface area contributed by atoms with Crippen LogP contribution in [0.25, 0.3) is 10.8 Å². The van der Waals surface area contributed by atoms with Gasteiger partial charge in [0.15, 0.2) is 0 Å². The van der Waals surface area contributed by atoms with E-state index < -0.39 is 6.10 Å². The minimum Gasteiger partial charge on any atom is -0.368 e. The fourth-order valence-corrected chi connectivity index (χ4v) is 4.30. The number of anilines is 2. The van der Waals surface area contributed by atoms with Crippen LogP contribution in [0.15, 0.2) is 54.6 Å². The molecule has 1 aliphatic carbocycles. The number of hydrogen-bond donors (Lipinski definition) is 2. The number of benzene rings is 3. The predicted molar refractivity (Wildman–Crippen MR) is 113 cm³/mol. The van der Waals surface area contributed by atoms with Crippen LogP contribution in [-0.4, -0.2) is 24.5 Å². The summed E-state index contributed by atoms with van der Waals surface area (Å²) in [5.74, 6) is -0.357. The van der Waals surface area contributed by atoms with Gasteiger partial charge in [-0.25, -0.2) is 0 Å². The van der Waals surface area contributed by atoms with Gasteiger partial charge in [0.1, 0.15) is 6.10 Å². The van der Waals surface area contributed by atoms with E-state index in [1.165, 1.54) is 16.5 Å². The Morgan fingerprint density at radius 3 is 2.59 bits per heavy atom. The molecule has 146 valence electrons. The normalized spacial score (nSPS) is 17.4. The molecule has 1 fully saturated rings. The van der Waals surface area contributed by atoms with Crippen LogP contribution < -0.4 is 10.6 Å². The molecule has 2 N–H and O–H groups in total. The highest BCUT2D eigenvalue weighted by Crippen LogP contribution is 2.35. The van der Waals surface area contributed by atoms with E-state index in [4.69, 9.17) is 4.74 Å². The molecule has 0 saturated carbocycles. The van der Waals surface area contributed by atoms with Crippen molar-refractivity contribution >= 4 is 34.0 Å². The predicted octanol–water partition coefficient (Wildman–Crippen LogP) is 4.31. The third-order valence-corrected chi connectivity index (χ3v) is 5.74. The molecule has 2 amide bonds. The Balaban J connectivity index is 1.37. The van der Waals surface area contributed by atoms with Crippen molar-refractivity contribution in [1.82, 2.24) is 0 Å². The van der Waals surface area contributed by atoms with Crippen LogP contribution in [0.3, 0.4) is 0 Å². The molecule has 5 rings (SSSR count). The number of ether oxygens (including phenoxy) is 1. The monoisotopic (exact) mass is 386 g/mol. The van der Waals surface area contributed by atoms with Gasteiger partial charge < -0.3 is 15.4 Å². The second kappa shape index (κ2) is 7.33. The number of carbonyl (C=O) groups excluding carboxylic acids is 2. The summed E-state index contributed by atoms with van der Waals surface area (Å²) in [6.07, 6.45) is 3.33. The van der Waals surface area contributed by atoms with Gasteiger partial charge in [0.25, 0.3) is 11.8 Å². The molecule has 5 heteroatoms. The van der Waals surface area contributed by atoms with Crippen LogP contribution >= 0.6 is 0 Å². The van der Waals surface area contributed by atoms with Crippen LogP contribution in [0.2, 0.25) is 0 Å². The Morgan fingerprint density at radius 1 is 0.931 bits per heavy atom. The summed E-state index contributed by atoms with van der Waals surface area (Å²) in [6.45, 7) is 0.620. The van der Waals surface area contributed by atoms with E-state index in [1.807, 2.05) is 12.1 Å². The Bertz CT molecular complexity index is 1110. The number of carbonyl (C=O) groups is 2. The second-order valence-electron chi connectivity index (χ2n) is 7.64. The van der Waals surface area contributed by atoms with Crippen LogP contribution in [0.1, 0.15) is 34.3 Å². The number of hydrogen-bond acceptors (Lipinski definition) is 3. The summed E-state index contributed by atoms with van der Waals surface area (Å²) < 4.78 is 5.42. The van der Waals surface area contributed by atoms with Crippen molar-refractivity contribution in [2.75, 3.05) is 17.2 Å². The summed E-state index contributed by atoms with van der Waals surface area (Å²) in [5.41, 5.74) is 4.59. The Labute approximate surface area is 169 Å². The smallest absolute Gasteiger partial charge is 0.255 e. The SMILES string of the molecule is O=C(Nc1ccc2c3c(cccc13)CC2)c1cccc(NC(=O)C2CCCO2)c1. The molecular formula is C24H22N2O3. The van der Waals surface area contributed by atoms with Gasteiger partial charge in [-0.1, -0.05) is 30.3 Å². The van der Waals surface area contributed by atoms with Crippen LogP contribution in [0.5, 0.6) is 0 Å². The van der Waals surface area contributed by atoms with Gasteiger partial charge in [-0.2, -0.15) is 0 Å². The zero-order chi connectivity index (χ0) is 19.8. The van der Waals surface area contributed by atoms with Crippen molar-refractivity contribution in [2.24, 2.45) is 0 Å². The third kappa shape index (κ3) is 3.38. The van der Waals surface area contributed by atoms with Crippen molar-refractivity contribution in [1.29, 1.82) is 0 Å². The van der Waals surface area contributed by atoms with Crippen molar-refractivity contribution in [3.8, 4) is 0 Å². The van der Waals surface area contributed by atoms with E-state index in [2.05, 4.69) is 28.8 Å². The largest absolute Gasteiger partial charge is 0.368 e. The van der Waals surface area contributed by atoms with E-state index >= 15 is 0 Å². The van der Waals surface area contributed by atoms with Gasteiger partial charge in [-0.15, -0.1) is 0 Å². The molecule has 1 heterocycles. The number of aryl methyl sites for hydroxylation is 2. The second-order valence-corrected chi connectivity index (χ2v) is 7.64. The van der Waals surface area contributed by atoms with Gasteiger partial charge >= 0.3 is 0 Å². The lowest BCUT2D eigenvalue weighted by Crippen LogP contribution is -2.27. The first-order chi connectivity index (χ1) is 14.2. The van der Waals surface area contributed by atoms with Gasteiger partial charge in [0, 0.05) is 28.9 Å². The molecule has 1 unspecified atom stereocenters. The average Bonchev–Trinajstić information content (AvgIpc) is 3.42. The van der Waals surface area contributed by atoms with Crippen molar-refractivity contribution in [2.45, 2.75) is 31.8 Å². The summed E-state index contributed by atoms with van der Waals surface area (Å²) in [5, 5.41) is 8.24. The van der Waals surface area contributed by atoms with Crippen molar-refractivity contribution < 1.29 is 14.3 Å². The minimum atomic E-state index is -0.402. The summed E-state index contributed by atoms with van der Waals surface area (Å²) >= 11 is 0. The summed E-state index contributed by atoms with van der Waals surface area (Å²) in [6, 6.07) is 17.3. The van der Waals surface area contributed by atoms with Gasteiger partial charge in [-0.3, -0.25) is 9.59 Å². The molecular weight excluding hydrogens is 364 g/mol. The first-order valence-corrected chi connectivity index (χ1v) is 10.1. The quantitative estimate of drug-likeness (QED) is 0.702. The zero-order valence-corrected chi connectivity index (χ0v) is 16.0. The van der Waals surface area contributed by atoms with Crippen molar-refractivity contribution in [3.05, 3.63) is 71.3 Å². The highest BCUT2D eigenvalue weighted by molar-refractivity contribution is 6.11. The van der Waals surface area contributed by atoms with Crippen LogP contribution in [0, 0.1) is 0 Å². The van der Waals surface area contributed by atoms with E-state index in [1.54, 1.807) is 24.3 Å². The molecule has 2 aliphatic rings. The van der Waals surface area contributed by atoms with E-state index in [9.17, 15) is 9.59 Å². The maximum atomic E-state index is 12.9. The maximum Gasteiger partial charge on any atom is 0.255 e. The number of nitrogens with one attached hydrogen (secondary N) is 2. The van der Waals surface area contributed by atoms with Gasteiger partial charge in [0.05, 0.1) is 0 Å². The molecule has 3 aromatic rings. The lowest BCUT2D eigenvalue weighted by atomic mass is 10.0. The van der Waals surface area contributed by atoms with E-state index in [-0.39, 0.29) is 11.8 Å². The van der Waals surface area contributed by atoms with Crippen molar-refractivity contribution in [3.63, 3.8) is 0 Å². The molecule has 1 saturated heterocycles. The first-order valence-electron chi connectivity index (χ1n) is 10.1. The maximum absolute atomic E-state index is 12.9. The minimum absolute atomic E-state index is 0.160. The molecule has 0 bridgehead atoms. The van der Waals surface area contributed by atoms with Gasteiger partial charge in [0.2, 0.25) is 0 Å². The third-order valence-electron chi connectivity index (χ3n) is 5.74.